The van der Waals surface area contributed by atoms with Crippen molar-refractivity contribution in [2.45, 2.75) is 19.6 Å². The number of hydrogen-bond acceptors (Lipinski definition) is 3. The Morgan fingerprint density at radius 1 is 1.17 bits per heavy atom. The third kappa shape index (κ3) is 4.56. The number of hydrogen-bond donors (Lipinski definition) is 1. The lowest BCUT2D eigenvalue weighted by Gasteiger charge is -2.16. The Balaban J connectivity index is 2.05. The van der Waals surface area contributed by atoms with Crippen LogP contribution in [0.5, 0.6) is 5.75 Å². The number of benzene rings is 2. The van der Waals surface area contributed by atoms with Crippen molar-refractivity contribution in [3.8, 4) is 5.75 Å². The van der Waals surface area contributed by atoms with Gasteiger partial charge in [0, 0.05) is 12.7 Å². The molecule has 23 heavy (non-hydrogen) atoms. The van der Waals surface area contributed by atoms with Gasteiger partial charge in [-0.2, -0.15) is 0 Å². The predicted octanol–water partition coefficient (Wildman–Crippen LogP) is 4.10. The normalized spacial score (nSPS) is 11.8. The highest BCUT2D eigenvalue weighted by Gasteiger charge is 2.13. The lowest BCUT2D eigenvalue weighted by atomic mass is 10.1. The maximum atomic E-state index is 12.3. The lowest BCUT2D eigenvalue weighted by Crippen LogP contribution is -2.26. The average molecular weight is 378 g/mol. The van der Waals surface area contributed by atoms with Gasteiger partial charge in [0.15, 0.2) is 0 Å². The minimum atomic E-state index is -0.108. The fourth-order valence-electron chi connectivity index (χ4n) is 2.23. The number of ether oxygens (including phenoxy) is 2. The molecule has 0 saturated heterocycles. The van der Waals surface area contributed by atoms with Gasteiger partial charge in [-0.15, -0.1) is 0 Å². The molecule has 0 radical (unpaired) electrons. The first-order valence-corrected chi connectivity index (χ1v) is 8.06. The van der Waals surface area contributed by atoms with Crippen molar-refractivity contribution >= 4 is 21.8 Å². The van der Waals surface area contributed by atoms with Crippen LogP contribution in [-0.2, 0) is 11.3 Å². The Morgan fingerprint density at radius 3 is 2.43 bits per heavy atom. The maximum Gasteiger partial charge on any atom is 0.251 e. The Hall–Kier alpha value is -1.85. The van der Waals surface area contributed by atoms with Crippen molar-refractivity contribution in [2.75, 3.05) is 14.2 Å². The van der Waals surface area contributed by atoms with Crippen molar-refractivity contribution < 1.29 is 14.3 Å². The van der Waals surface area contributed by atoms with Crippen LogP contribution in [0.2, 0.25) is 0 Å². The summed E-state index contributed by atoms with van der Waals surface area (Å²) in [5, 5.41) is 3.00. The molecule has 0 saturated carbocycles. The van der Waals surface area contributed by atoms with Crippen molar-refractivity contribution in [3.05, 3.63) is 63.6 Å². The minimum absolute atomic E-state index is 0.103. The summed E-state index contributed by atoms with van der Waals surface area (Å²) in [5.74, 6) is 0.661. The van der Waals surface area contributed by atoms with Crippen LogP contribution in [0.1, 0.15) is 34.5 Å². The molecule has 0 aromatic heterocycles. The van der Waals surface area contributed by atoms with E-state index in [0.717, 1.165) is 21.3 Å². The second kappa shape index (κ2) is 8.13. The van der Waals surface area contributed by atoms with E-state index in [0.29, 0.717) is 12.2 Å². The summed E-state index contributed by atoms with van der Waals surface area (Å²) in [6.07, 6.45) is 0. The molecule has 0 spiro atoms. The van der Waals surface area contributed by atoms with Crippen LogP contribution in [0.15, 0.2) is 46.9 Å². The molecule has 1 amide bonds. The van der Waals surface area contributed by atoms with Crippen LogP contribution in [0.4, 0.5) is 0 Å². The molecule has 0 heterocycles. The zero-order valence-electron chi connectivity index (χ0n) is 13.4. The summed E-state index contributed by atoms with van der Waals surface area (Å²) in [6, 6.07) is 13.1. The largest absolute Gasteiger partial charge is 0.496 e. The second-order valence-corrected chi connectivity index (χ2v) is 6.07. The van der Waals surface area contributed by atoms with Gasteiger partial charge >= 0.3 is 0 Å². The zero-order valence-corrected chi connectivity index (χ0v) is 15.0. The first kappa shape index (κ1) is 17.5. The third-order valence-electron chi connectivity index (χ3n) is 3.55. The maximum absolute atomic E-state index is 12.3. The van der Waals surface area contributed by atoms with E-state index in [4.69, 9.17) is 9.47 Å². The number of carbonyl (C=O) groups excluding carboxylic acids is 1. The summed E-state index contributed by atoms with van der Waals surface area (Å²) in [5.41, 5.74) is 2.67. The fraction of sp³-hybridized carbons (Fsp3) is 0.278. The van der Waals surface area contributed by atoms with E-state index in [-0.39, 0.29) is 11.9 Å². The number of rotatable bonds is 6. The molecule has 122 valence electrons. The minimum Gasteiger partial charge on any atom is -0.496 e. The van der Waals surface area contributed by atoms with E-state index in [2.05, 4.69) is 21.2 Å². The standard InChI is InChI=1S/C18H20BrNO3/c1-12(15-8-9-17(23-3)16(19)10-15)20-18(21)14-6-4-13(5-7-14)11-22-2/h4-10,12H,11H2,1-3H3,(H,20,21)/t12-/m0/s1. The average Bonchev–Trinajstić information content (AvgIpc) is 2.55. The molecule has 0 aliphatic carbocycles. The van der Waals surface area contributed by atoms with Crippen LogP contribution >= 0.6 is 15.9 Å². The molecule has 0 fully saturated rings. The molecule has 2 aromatic carbocycles. The van der Waals surface area contributed by atoms with Crippen LogP contribution in [0.25, 0.3) is 0 Å². The van der Waals surface area contributed by atoms with E-state index in [1.54, 1.807) is 26.4 Å². The number of carbonyl (C=O) groups is 1. The molecule has 2 aromatic rings. The van der Waals surface area contributed by atoms with E-state index in [9.17, 15) is 4.79 Å². The van der Waals surface area contributed by atoms with Crippen molar-refractivity contribution in [1.82, 2.24) is 5.32 Å². The quantitative estimate of drug-likeness (QED) is 0.824. The highest BCUT2D eigenvalue weighted by Crippen LogP contribution is 2.28. The number of amides is 1. The molecule has 1 atom stereocenters. The molecule has 0 bridgehead atoms. The van der Waals surface area contributed by atoms with Crippen molar-refractivity contribution in [2.24, 2.45) is 0 Å². The van der Waals surface area contributed by atoms with Gasteiger partial charge < -0.3 is 14.8 Å². The third-order valence-corrected chi connectivity index (χ3v) is 4.17. The monoisotopic (exact) mass is 377 g/mol. The van der Waals surface area contributed by atoms with Gasteiger partial charge in [-0.25, -0.2) is 0 Å². The molecule has 0 aliphatic rings. The SMILES string of the molecule is COCc1ccc(C(=O)N[C@@H](C)c2ccc(OC)c(Br)c2)cc1. The molecule has 1 N–H and O–H groups in total. The molecule has 5 heteroatoms. The summed E-state index contributed by atoms with van der Waals surface area (Å²) in [6.45, 7) is 2.49. The topological polar surface area (TPSA) is 47.6 Å². The summed E-state index contributed by atoms with van der Waals surface area (Å²) >= 11 is 3.46. The highest BCUT2D eigenvalue weighted by molar-refractivity contribution is 9.10. The number of methoxy groups -OCH3 is 2. The summed E-state index contributed by atoms with van der Waals surface area (Å²) < 4.78 is 11.1. The smallest absolute Gasteiger partial charge is 0.251 e. The Labute approximate surface area is 144 Å². The molecule has 0 aliphatic heterocycles. The second-order valence-electron chi connectivity index (χ2n) is 5.22. The van der Waals surface area contributed by atoms with Gasteiger partial charge in [-0.05, 0) is 58.2 Å². The summed E-state index contributed by atoms with van der Waals surface area (Å²) in [7, 11) is 3.27. The van der Waals surface area contributed by atoms with Gasteiger partial charge in [-0.1, -0.05) is 18.2 Å². The van der Waals surface area contributed by atoms with Gasteiger partial charge in [0.2, 0.25) is 0 Å². The van der Waals surface area contributed by atoms with Crippen LogP contribution in [-0.4, -0.2) is 20.1 Å². The zero-order chi connectivity index (χ0) is 16.8. The highest BCUT2D eigenvalue weighted by atomic mass is 79.9. The lowest BCUT2D eigenvalue weighted by molar-refractivity contribution is 0.0940. The van der Waals surface area contributed by atoms with E-state index >= 15 is 0 Å². The van der Waals surface area contributed by atoms with Crippen molar-refractivity contribution in [1.29, 1.82) is 0 Å². The Morgan fingerprint density at radius 2 is 1.87 bits per heavy atom. The Kier molecular flexibility index (Phi) is 6.19. The molecular formula is C18H20BrNO3. The molecule has 4 nitrogen and oxygen atoms in total. The molecule has 2 rings (SSSR count). The van der Waals surface area contributed by atoms with E-state index in [1.807, 2.05) is 37.3 Å². The van der Waals surface area contributed by atoms with E-state index < -0.39 is 0 Å². The van der Waals surface area contributed by atoms with Crippen LogP contribution in [0, 0.1) is 0 Å². The predicted molar refractivity (Wildman–Crippen MR) is 93.7 cm³/mol. The van der Waals surface area contributed by atoms with Gasteiger partial charge in [-0.3, -0.25) is 4.79 Å². The van der Waals surface area contributed by atoms with Gasteiger partial charge in [0.05, 0.1) is 24.2 Å². The molecule has 0 unspecified atom stereocenters. The van der Waals surface area contributed by atoms with Crippen molar-refractivity contribution in [3.63, 3.8) is 0 Å². The van der Waals surface area contributed by atoms with Gasteiger partial charge in [0.1, 0.15) is 5.75 Å². The fourth-order valence-corrected chi connectivity index (χ4v) is 2.79. The first-order valence-electron chi connectivity index (χ1n) is 7.27. The summed E-state index contributed by atoms with van der Waals surface area (Å²) in [4.78, 5) is 12.3. The van der Waals surface area contributed by atoms with E-state index in [1.165, 1.54) is 0 Å². The number of halogens is 1. The van der Waals surface area contributed by atoms with Crippen LogP contribution < -0.4 is 10.1 Å². The number of nitrogens with one attached hydrogen (secondary N) is 1. The molecular weight excluding hydrogens is 358 g/mol. The first-order chi connectivity index (χ1) is 11.0. The Bertz CT molecular complexity index is 670. The van der Waals surface area contributed by atoms with Crippen LogP contribution in [0.3, 0.4) is 0 Å². The van der Waals surface area contributed by atoms with Gasteiger partial charge in [0.25, 0.3) is 5.91 Å².